The van der Waals surface area contributed by atoms with Crippen molar-refractivity contribution in [1.29, 1.82) is 0 Å². The molecule has 2 heterocycles. The number of fused-ring (bicyclic) bond motifs is 1. The summed E-state index contributed by atoms with van der Waals surface area (Å²) >= 11 is 14.3. The predicted octanol–water partition coefficient (Wildman–Crippen LogP) is 7.39. The summed E-state index contributed by atoms with van der Waals surface area (Å²) in [6, 6.07) is 12.2. The van der Waals surface area contributed by atoms with E-state index in [1.54, 1.807) is 24.5 Å². The van der Waals surface area contributed by atoms with Gasteiger partial charge in [0.05, 0.1) is 38.7 Å². The van der Waals surface area contributed by atoms with Crippen molar-refractivity contribution in [1.82, 2.24) is 9.88 Å². The molecule has 0 bridgehead atoms. The van der Waals surface area contributed by atoms with E-state index in [9.17, 15) is 0 Å². The average molecular weight is 472 g/mol. The van der Waals surface area contributed by atoms with E-state index in [0.717, 1.165) is 44.8 Å². The van der Waals surface area contributed by atoms with E-state index in [2.05, 4.69) is 54.0 Å². The van der Waals surface area contributed by atoms with Crippen LogP contribution in [0.2, 0.25) is 10.0 Å². The molecule has 0 spiro atoms. The summed E-state index contributed by atoms with van der Waals surface area (Å²) in [7, 11) is 5.73. The molecule has 2 aromatic heterocycles. The van der Waals surface area contributed by atoms with E-state index >= 15 is 0 Å². The Kier molecular flexibility index (Phi) is 6.39. The van der Waals surface area contributed by atoms with Gasteiger partial charge in [0.1, 0.15) is 5.75 Å². The van der Waals surface area contributed by atoms with Gasteiger partial charge < -0.3 is 15.0 Å². The Morgan fingerprint density at radius 3 is 2.52 bits per heavy atom. The first kappa shape index (κ1) is 21.9. The summed E-state index contributed by atoms with van der Waals surface area (Å²) in [5.74, 6) is 0.571. The lowest BCUT2D eigenvalue weighted by molar-refractivity contribution is 0.402. The molecule has 0 aliphatic rings. The molecule has 0 unspecified atom stereocenters. The van der Waals surface area contributed by atoms with E-state index in [-0.39, 0.29) is 0 Å². The molecule has 7 heteroatoms. The highest BCUT2D eigenvalue weighted by molar-refractivity contribution is 7.18. The number of ether oxygens (including phenoxy) is 1. The van der Waals surface area contributed by atoms with Crippen LogP contribution in [0.25, 0.3) is 21.3 Å². The number of rotatable bonds is 6. The van der Waals surface area contributed by atoms with Crippen molar-refractivity contribution >= 4 is 56.1 Å². The Morgan fingerprint density at radius 2 is 1.84 bits per heavy atom. The number of hydrogen-bond donors (Lipinski definition) is 1. The Balaban J connectivity index is 1.74. The maximum absolute atomic E-state index is 6.45. The first-order valence-electron chi connectivity index (χ1n) is 9.78. The van der Waals surface area contributed by atoms with Crippen LogP contribution in [0.1, 0.15) is 11.1 Å². The van der Waals surface area contributed by atoms with Gasteiger partial charge in [-0.15, -0.1) is 11.3 Å². The second kappa shape index (κ2) is 9.05. The number of thiophene rings is 1. The standard InChI is InChI=1S/C24H23Cl2N3OS/c1-14-11-27-23-17(16-7-5-15(6-8-16)12-29(2)3)13-31-24(23)22(14)28-20-10-21(30-4)19(26)9-18(20)25/h5-11,13H,12H2,1-4H3,(H,27,28). The lowest BCUT2D eigenvalue weighted by atomic mass is 10.0. The number of nitrogens with zero attached hydrogens (tertiary/aromatic N) is 2. The Bertz CT molecular complexity index is 1240. The molecule has 2 aromatic carbocycles. The molecule has 31 heavy (non-hydrogen) atoms. The van der Waals surface area contributed by atoms with Crippen LogP contribution in [0.3, 0.4) is 0 Å². The van der Waals surface area contributed by atoms with Gasteiger partial charge in [-0.25, -0.2) is 0 Å². The van der Waals surface area contributed by atoms with Crippen LogP contribution in [0, 0.1) is 6.92 Å². The third kappa shape index (κ3) is 4.51. The van der Waals surface area contributed by atoms with Crippen LogP contribution < -0.4 is 10.1 Å². The lowest BCUT2D eigenvalue weighted by Gasteiger charge is -2.14. The SMILES string of the molecule is COc1cc(Nc2c(C)cnc3c(-c4ccc(CN(C)C)cc4)csc23)c(Cl)cc1Cl. The third-order valence-corrected chi connectivity index (χ3v) is 6.63. The monoisotopic (exact) mass is 471 g/mol. The number of methoxy groups -OCH3 is 1. The van der Waals surface area contributed by atoms with Crippen LogP contribution in [0.4, 0.5) is 11.4 Å². The van der Waals surface area contributed by atoms with Gasteiger partial charge >= 0.3 is 0 Å². The number of hydrogen-bond acceptors (Lipinski definition) is 5. The quantitative estimate of drug-likeness (QED) is 0.317. The van der Waals surface area contributed by atoms with Crippen molar-refractivity contribution in [2.75, 3.05) is 26.5 Å². The Hall–Kier alpha value is -2.31. The zero-order chi connectivity index (χ0) is 22.1. The van der Waals surface area contributed by atoms with Crippen molar-refractivity contribution in [3.63, 3.8) is 0 Å². The summed E-state index contributed by atoms with van der Waals surface area (Å²) < 4.78 is 6.43. The summed E-state index contributed by atoms with van der Waals surface area (Å²) in [6.07, 6.45) is 1.89. The van der Waals surface area contributed by atoms with Crippen molar-refractivity contribution in [2.24, 2.45) is 0 Å². The first-order chi connectivity index (χ1) is 14.9. The van der Waals surface area contributed by atoms with Crippen LogP contribution >= 0.6 is 34.5 Å². The fourth-order valence-electron chi connectivity index (χ4n) is 3.49. The predicted molar refractivity (Wildman–Crippen MR) is 133 cm³/mol. The van der Waals surface area contributed by atoms with Gasteiger partial charge in [-0.1, -0.05) is 47.5 Å². The molecular weight excluding hydrogens is 449 g/mol. The number of benzene rings is 2. The molecule has 0 saturated heterocycles. The van der Waals surface area contributed by atoms with Gasteiger partial charge in [0.15, 0.2) is 0 Å². The second-order valence-corrected chi connectivity index (χ2v) is 9.36. The molecule has 1 N–H and O–H groups in total. The Labute approximate surface area is 196 Å². The molecule has 4 nitrogen and oxygen atoms in total. The van der Waals surface area contributed by atoms with Crippen LogP contribution in [-0.4, -0.2) is 31.1 Å². The van der Waals surface area contributed by atoms with E-state index in [1.807, 2.05) is 19.2 Å². The maximum Gasteiger partial charge on any atom is 0.139 e. The molecule has 0 aliphatic heterocycles. The molecule has 0 aliphatic carbocycles. The summed E-state index contributed by atoms with van der Waals surface area (Å²) in [6.45, 7) is 2.95. The normalized spacial score (nSPS) is 11.3. The van der Waals surface area contributed by atoms with E-state index in [0.29, 0.717) is 15.8 Å². The van der Waals surface area contributed by atoms with Crippen LogP contribution in [-0.2, 0) is 6.54 Å². The van der Waals surface area contributed by atoms with Gasteiger partial charge in [-0.3, -0.25) is 4.98 Å². The number of anilines is 2. The largest absolute Gasteiger partial charge is 0.495 e. The minimum atomic E-state index is 0.478. The number of pyridine rings is 1. The molecule has 0 saturated carbocycles. The first-order valence-corrected chi connectivity index (χ1v) is 11.4. The fourth-order valence-corrected chi connectivity index (χ4v) is 5.09. The highest BCUT2D eigenvalue weighted by Gasteiger charge is 2.16. The highest BCUT2D eigenvalue weighted by Crippen LogP contribution is 2.41. The van der Waals surface area contributed by atoms with Crippen LogP contribution in [0.15, 0.2) is 48.0 Å². The minimum Gasteiger partial charge on any atom is -0.495 e. The highest BCUT2D eigenvalue weighted by atomic mass is 35.5. The molecule has 4 aromatic rings. The van der Waals surface area contributed by atoms with Crippen molar-refractivity contribution in [2.45, 2.75) is 13.5 Å². The van der Waals surface area contributed by atoms with Gasteiger partial charge in [0, 0.05) is 29.8 Å². The summed E-state index contributed by atoms with van der Waals surface area (Å²) in [4.78, 5) is 6.90. The maximum atomic E-state index is 6.45. The topological polar surface area (TPSA) is 37.4 Å². The Morgan fingerprint density at radius 1 is 1.10 bits per heavy atom. The lowest BCUT2D eigenvalue weighted by Crippen LogP contribution is -2.10. The minimum absolute atomic E-state index is 0.478. The molecule has 0 radical (unpaired) electrons. The van der Waals surface area contributed by atoms with Gasteiger partial charge in [0.2, 0.25) is 0 Å². The fraction of sp³-hybridized carbons (Fsp3) is 0.208. The van der Waals surface area contributed by atoms with Gasteiger partial charge in [0.25, 0.3) is 0 Å². The summed E-state index contributed by atoms with van der Waals surface area (Å²) in [5.41, 5.74) is 7.29. The van der Waals surface area contributed by atoms with Crippen molar-refractivity contribution < 1.29 is 4.74 Å². The molecule has 160 valence electrons. The van der Waals surface area contributed by atoms with E-state index in [4.69, 9.17) is 32.9 Å². The van der Waals surface area contributed by atoms with Crippen molar-refractivity contribution in [3.05, 3.63) is 69.1 Å². The molecule has 0 atom stereocenters. The van der Waals surface area contributed by atoms with E-state index < -0.39 is 0 Å². The number of nitrogens with one attached hydrogen (secondary N) is 1. The van der Waals surface area contributed by atoms with Crippen LogP contribution in [0.5, 0.6) is 5.75 Å². The molecular formula is C24H23Cl2N3OS. The number of aromatic nitrogens is 1. The van der Waals surface area contributed by atoms with Gasteiger partial charge in [-0.2, -0.15) is 0 Å². The number of aryl methyl sites for hydroxylation is 1. The smallest absolute Gasteiger partial charge is 0.139 e. The van der Waals surface area contributed by atoms with Crippen molar-refractivity contribution in [3.8, 4) is 16.9 Å². The molecule has 0 amide bonds. The zero-order valence-corrected chi connectivity index (χ0v) is 20.1. The zero-order valence-electron chi connectivity index (χ0n) is 17.8. The van der Waals surface area contributed by atoms with E-state index in [1.165, 1.54) is 5.56 Å². The molecule has 4 rings (SSSR count). The van der Waals surface area contributed by atoms with Gasteiger partial charge in [-0.05, 0) is 43.8 Å². The third-order valence-electron chi connectivity index (χ3n) is 5.04. The molecule has 0 fully saturated rings. The second-order valence-electron chi connectivity index (χ2n) is 7.67. The average Bonchev–Trinajstić information content (AvgIpc) is 3.16. The summed E-state index contributed by atoms with van der Waals surface area (Å²) in [5, 5.41) is 6.64. The number of halogens is 2.